The molecular formula is C28H52O4. The first kappa shape index (κ1) is 29.0. The van der Waals surface area contributed by atoms with E-state index in [2.05, 4.69) is 27.7 Å². The molecule has 4 heteroatoms. The minimum atomic E-state index is -1.31. The third-order valence-corrected chi connectivity index (χ3v) is 7.56. The fourth-order valence-electron chi connectivity index (χ4n) is 4.95. The van der Waals surface area contributed by atoms with Crippen LogP contribution in [-0.4, -0.2) is 23.1 Å². The highest BCUT2D eigenvalue weighted by Crippen LogP contribution is 2.39. The van der Waals surface area contributed by atoms with E-state index < -0.39 is 17.4 Å². The van der Waals surface area contributed by atoms with E-state index >= 15 is 0 Å². The summed E-state index contributed by atoms with van der Waals surface area (Å²) in [6, 6.07) is 0. The quantitative estimate of drug-likeness (QED) is 0.129. The Balaban J connectivity index is 2.26. The summed E-state index contributed by atoms with van der Waals surface area (Å²) in [6.07, 6.45) is 19.4. The van der Waals surface area contributed by atoms with Crippen molar-refractivity contribution in [2.45, 2.75) is 149 Å². The standard InChI is InChI=1S/C28H52O4/c1-5-24(4)25(32-27(31)28(26(29)30)21-17-14-18-22-28)20-16-13-11-9-7-6-8-10-12-15-19-23(2)3/h23-25H,5-22H2,1-4H3,(H,29,30). The first-order chi connectivity index (χ1) is 15.3. The van der Waals surface area contributed by atoms with Gasteiger partial charge in [-0.25, -0.2) is 0 Å². The van der Waals surface area contributed by atoms with Crippen LogP contribution in [0, 0.1) is 17.3 Å². The Labute approximate surface area is 198 Å². The molecule has 1 N–H and O–H groups in total. The lowest BCUT2D eigenvalue weighted by Crippen LogP contribution is -2.44. The zero-order valence-electron chi connectivity index (χ0n) is 21.6. The first-order valence-corrected chi connectivity index (χ1v) is 13.8. The number of esters is 1. The lowest BCUT2D eigenvalue weighted by atomic mass is 9.74. The van der Waals surface area contributed by atoms with Crippen LogP contribution in [0.1, 0.15) is 143 Å². The number of hydrogen-bond acceptors (Lipinski definition) is 3. The van der Waals surface area contributed by atoms with E-state index in [0.29, 0.717) is 12.8 Å². The number of ether oxygens (including phenoxy) is 1. The number of aliphatic carboxylic acids is 1. The summed E-state index contributed by atoms with van der Waals surface area (Å²) in [5.74, 6) is -0.374. The van der Waals surface area contributed by atoms with E-state index in [9.17, 15) is 14.7 Å². The molecule has 0 aromatic rings. The Bertz CT molecular complexity index is 508. The van der Waals surface area contributed by atoms with Crippen LogP contribution in [0.3, 0.4) is 0 Å². The van der Waals surface area contributed by atoms with Gasteiger partial charge in [0, 0.05) is 0 Å². The molecule has 188 valence electrons. The largest absolute Gasteiger partial charge is 0.480 e. The van der Waals surface area contributed by atoms with Gasteiger partial charge in [-0.15, -0.1) is 0 Å². The smallest absolute Gasteiger partial charge is 0.323 e. The summed E-state index contributed by atoms with van der Waals surface area (Å²) in [5.41, 5.74) is -1.31. The van der Waals surface area contributed by atoms with E-state index in [1.807, 2.05) is 0 Å². The van der Waals surface area contributed by atoms with Crippen LogP contribution in [0.4, 0.5) is 0 Å². The zero-order chi connectivity index (χ0) is 23.8. The van der Waals surface area contributed by atoms with Gasteiger partial charge < -0.3 is 9.84 Å². The molecule has 1 fully saturated rings. The predicted octanol–water partition coefficient (Wildman–Crippen LogP) is 8.32. The molecule has 1 rings (SSSR count). The van der Waals surface area contributed by atoms with Crippen molar-refractivity contribution in [1.82, 2.24) is 0 Å². The lowest BCUT2D eigenvalue weighted by molar-refractivity contribution is -0.177. The Kier molecular flexibility index (Phi) is 15.0. The van der Waals surface area contributed by atoms with Gasteiger partial charge in [0.15, 0.2) is 5.41 Å². The van der Waals surface area contributed by atoms with Crippen molar-refractivity contribution in [3.05, 3.63) is 0 Å². The Morgan fingerprint density at radius 2 is 1.25 bits per heavy atom. The molecule has 0 amide bonds. The second-order valence-electron chi connectivity index (χ2n) is 10.8. The molecule has 32 heavy (non-hydrogen) atoms. The Hall–Kier alpha value is -1.06. The number of carbonyl (C=O) groups excluding carboxylic acids is 1. The van der Waals surface area contributed by atoms with Gasteiger partial charge in [-0.3, -0.25) is 9.59 Å². The normalized spacial score (nSPS) is 17.8. The van der Waals surface area contributed by atoms with E-state index in [-0.39, 0.29) is 12.0 Å². The number of carbonyl (C=O) groups is 2. The molecule has 1 aliphatic rings. The number of unbranched alkanes of at least 4 members (excludes halogenated alkanes) is 9. The van der Waals surface area contributed by atoms with E-state index in [1.54, 1.807) is 0 Å². The van der Waals surface area contributed by atoms with E-state index in [0.717, 1.165) is 44.4 Å². The second-order valence-corrected chi connectivity index (χ2v) is 10.8. The molecule has 0 bridgehead atoms. The van der Waals surface area contributed by atoms with Crippen molar-refractivity contribution in [1.29, 1.82) is 0 Å². The van der Waals surface area contributed by atoms with Crippen LogP contribution >= 0.6 is 0 Å². The van der Waals surface area contributed by atoms with Gasteiger partial charge >= 0.3 is 11.9 Å². The van der Waals surface area contributed by atoms with Gasteiger partial charge in [0.1, 0.15) is 6.10 Å². The van der Waals surface area contributed by atoms with Gasteiger partial charge in [-0.05, 0) is 37.5 Å². The maximum atomic E-state index is 12.9. The topological polar surface area (TPSA) is 63.6 Å². The van der Waals surface area contributed by atoms with Gasteiger partial charge in [-0.1, -0.05) is 118 Å². The molecule has 0 aromatic carbocycles. The second kappa shape index (κ2) is 16.5. The first-order valence-electron chi connectivity index (χ1n) is 13.8. The highest BCUT2D eigenvalue weighted by molar-refractivity contribution is 5.99. The highest BCUT2D eigenvalue weighted by atomic mass is 16.5. The maximum absolute atomic E-state index is 12.9. The molecule has 0 aliphatic heterocycles. The predicted molar refractivity (Wildman–Crippen MR) is 133 cm³/mol. The van der Waals surface area contributed by atoms with Crippen molar-refractivity contribution < 1.29 is 19.4 Å². The molecule has 0 aromatic heterocycles. The molecule has 0 heterocycles. The highest BCUT2D eigenvalue weighted by Gasteiger charge is 2.49. The molecule has 0 spiro atoms. The van der Waals surface area contributed by atoms with Crippen LogP contribution < -0.4 is 0 Å². The van der Waals surface area contributed by atoms with E-state index in [1.165, 1.54) is 64.2 Å². The maximum Gasteiger partial charge on any atom is 0.323 e. The minimum Gasteiger partial charge on any atom is -0.480 e. The molecule has 1 aliphatic carbocycles. The minimum absolute atomic E-state index is 0.156. The summed E-state index contributed by atoms with van der Waals surface area (Å²) in [6.45, 7) is 8.84. The summed E-state index contributed by atoms with van der Waals surface area (Å²) < 4.78 is 5.89. The molecule has 0 saturated heterocycles. The fourth-order valence-corrected chi connectivity index (χ4v) is 4.95. The van der Waals surface area contributed by atoms with Crippen LogP contribution in [0.15, 0.2) is 0 Å². The molecule has 0 radical (unpaired) electrons. The SMILES string of the molecule is CCC(C)C(CCCCCCCCCCCCC(C)C)OC(=O)C1(C(=O)O)CCCCC1. The van der Waals surface area contributed by atoms with Crippen molar-refractivity contribution in [2.24, 2.45) is 17.3 Å². The average molecular weight is 453 g/mol. The van der Waals surface area contributed by atoms with Crippen molar-refractivity contribution in [2.75, 3.05) is 0 Å². The van der Waals surface area contributed by atoms with Crippen molar-refractivity contribution in [3.63, 3.8) is 0 Å². The number of hydrogen-bond donors (Lipinski definition) is 1. The number of carboxylic acids is 1. The van der Waals surface area contributed by atoms with Gasteiger partial charge in [-0.2, -0.15) is 0 Å². The van der Waals surface area contributed by atoms with Crippen LogP contribution in [0.2, 0.25) is 0 Å². The zero-order valence-corrected chi connectivity index (χ0v) is 21.6. The monoisotopic (exact) mass is 452 g/mol. The summed E-state index contributed by atoms with van der Waals surface area (Å²) in [5, 5.41) is 9.77. The molecule has 2 atom stereocenters. The third kappa shape index (κ3) is 10.7. The number of rotatable bonds is 18. The average Bonchev–Trinajstić information content (AvgIpc) is 2.78. The van der Waals surface area contributed by atoms with Gasteiger partial charge in [0.05, 0.1) is 0 Å². The Morgan fingerprint density at radius 3 is 1.69 bits per heavy atom. The van der Waals surface area contributed by atoms with Crippen LogP contribution in [0.5, 0.6) is 0 Å². The van der Waals surface area contributed by atoms with Crippen molar-refractivity contribution >= 4 is 11.9 Å². The van der Waals surface area contributed by atoms with Crippen molar-refractivity contribution in [3.8, 4) is 0 Å². The number of carboxylic acid groups (broad SMARTS) is 1. The van der Waals surface area contributed by atoms with Gasteiger partial charge in [0.25, 0.3) is 0 Å². The Morgan fingerprint density at radius 1 is 0.781 bits per heavy atom. The summed E-state index contributed by atoms with van der Waals surface area (Å²) in [4.78, 5) is 24.8. The summed E-state index contributed by atoms with van der Waals surface area (Å²) >= 11 is 0. The molecule has 2 unspecified atom stereocenters. The van der Waals surface area contributed by atoms with E-state index in [4.69, 9.17) is 4.74 Å². The lowest BCUT2D eigenvalue weighted by Gasteiger charge is -2.33. The van der Waals surface area contributed by atoms with Crippen LogP contribution in [0.25, 0.3) is 0 Å². The fraction of sp³-hybridized carbons (Fsp3) is 0.929. The van der Waals surface area contributed by atoms with Crippen LogP contribution in [-0.2, 0) is 14.3 Å². The molecule has 4 nitrogen and oxygen atoms in total. The molecular weight excluding hydrogens is 400 g/mol. The third-order valence-electron chi connectivity index (χ3n) is 7.56. The molecule has 1 saturated carbocycles. The van der Waals surface area contributed by atoms with Gasteiger partial charge in [0.2, 0.25) is 0 Å². The summed E-state index contributed by atoms with van der Waals surface area (Å²) in [7, 11) is 0.